The number of amides is 1. The van der Waals surface area contributed by atoms with E-state index in [0.717, 1.165) is 16.9 Å². The highest BCUT2D eigenvalue weighted by molar-refractivity contribution is 5.79. The van der Waals surface area contributed by atoms with E-state index < -0.39 is 0 Å². The van der Waals surface area contributed by atoms with Crippen molar-refractivity contribution in [3.63, 3.8) is 0 Å². The molecule has 4 heteroatoms. The van der Waals surface area contributed by atoms with Gasteiger partial charge in [0.25, 0.3) is 0 Å². The van der Waals surface area contributed by atoms with Crippen molar-refractivity contribution in [1.29, 1.82) is 5.26 Å². The molecule has 2 aromatic carbocycles. The second-order valence-corrected chi connectivity index (χ2v) is 5.82. The van der Waals surface area contributed by atoms with Gasteiger partial charge in [0.15, 0.2) is 0 Å². The number of ether oxygens (including phenoxy) is 1. The largest absolute Gasteiger partial charge is 0.492 e. The Hall–Kier alpha value is -2.80. The number of nitrogens with zero attached hydrogens (tertiary/aromatic N) is 2. The second kappa shape index (κ2) is 6.53. The molecule has 0 saturated heterocycles. The van der Waals surface area contributed by atoms with E-state index in [1.54, 1.807) is 24.1 Å². The first-order valence-corrected chi connectivity index (χ1v) is 7.62. The van der Waals surface area contributed by atoms with Crippen molar-refractivity contribution in [2.75, 3.05) is 13.7 Å². The van der Waals surface area contributed by atoms with Crippen LogP contribution in [0.5, 0.6) is 5.75 Å². The van der Waals surface area contributed by atoms with Crippen LogP contribution in [0.3, 0.4) is 0 Å². The van der Waals surface area contributed by atoms with Gasteiger partial charge in [-0.15, -0.1) is 0 Å². The lowest BCUT2D eigenvalue weighted by molar-refractivity contribution is -0.136. The Kier molecular flexibility index (Phi) is 4.29. The van der Waals surface area contributed by atoms with Gasteiger partial charge in [-0.1, -0.05) is 30.3 Å². The van der Waals surface area contributed by atoms with Crippen LogP contribution in [0.4, 0.5) is 0 Å². The van der Waals surface area contributed by atoms with Crippen LogP contribution in [0.25, 0.3) is 0 Å². The summed E-state index contributed by atoms with van der Waals surface area (Å²) < 4.78 is 5.70. The highest BCUT2D eigenvalue weighted by Crippen LogP contribution is 2.27. The zero-order chi connectivity index (χ0) is 16.2. The molecule has 1 aliphatic heterocycles. The van der Waals surface area contributed by atoms with Crippen LogP contribution in [-0.4, -0.2) is 24.5 Å². The zero-order valence-electron chi connectivity index (χ0n) is 13.0. The minimum absolute atomic E-state index is 0.0869. The fourth-order valence-electron chi connectivity index (χ4n) is 2.83. The average molecular weight is 306 g/mol. The summed E-state index contributed by atoms with van der Waals surface area (Å²) in [4.78, 5) is 14.4. The Morgan fingerprint density at radius 2 is 2.00 bits per heavy atom. The maximum absolute atomic E-state index is 12.6. The molecule has 3 rings (SSSR count). The van der Waals surface area contributed by atoms with Crippen molar-refractivity contribution in [3.8, 4) is 11.8 Å². The highest BCUT2D eigenvalue weighted by Gasteiger charge is 2.28. The van der Waals surface area contributed by atoms with Crippen LogP contribution in [0.2, 0.25) is 0 Å². The van der Waals surface area contributed by atoms with Gasteiger partial charge in [-0.2, -0.15) is 5.26 Å². The molecule has 116 valence electrons. The molecule has 0 bridgehead atoms. The first kappa shape index (κ1) is 15.1. The Morgan fingerprint density at radius 1 is 1.26 bits per heavy atom. The third kappa shape index (κ3) is 3.35. The summed E-state index contributed by atoms with van der Waals surface area (Å²) in [7, 11) is 1.81. The van der Waals surface area contributed by atoms with Crippen molar-refractivity contribution in [2.24, 2.45) is 5.92 Å². The van der Waals surface area contributed by atoms with E-state index in [0.29, 0.717) is 25.1 Å². The molecular formula is C19H18N2O2. The van der Waals surface area contributed by atoms with Gasteiger partial charge in [0.2, 0.25) is 5.91 Å². The van der Waals surface area contributed by atoms with Crippen molar-refractivity contribution >= 4 is 5.91 Å². The summed E-state index contributed by atoms with van der Waals surface area (Å²) in [5, 5.41) is 8.82. The van der Waals surface area contributed by atoms with Crippen molar-refractivity contribution < 1.29 is 9.53 Å². The SMILES string of the molecule is CN(Cc1ccc(C#N)cc1)C(=O)C1COc2ccccc2C1. The third-order valence-corrected chi connectivity index (χ3v) is 4.11. The van der Waals surface area contributed by atoms with Crippen LogP contribution in [0.15, 0.2) is 48.5 Å². The molecular weight excluding hydrogens is 288 g/mol. The van der Waals surface area contributed by atoms with Gasteiger partial charge in [0.05, 0.1) is 17.6 Å². The molecule has 2 aromatic rings. The summed E-state index contributed by atoms with van der Waals surface area (Å²) in [6, 6.07) is 17.3. The molecule has 0 aromatic heterocycles. The van der Waals surface area contributed by atoms with Crippen LogP contribution in [-0.2, 0) is 17.8 Å². The Labute approximate surface area is 135 Å². The van der Waals surface area contributed by atoms with E-state index >= 15 is 0 Å². The minimum Gasteiger partial charge on any atom is -0.492 e. The van der Waals surface area contributed by atoms with Crippen LogP contribution < -0.4 is 4.74 Å². The fraction of sp³-hybridized carbons (Fsp3) is 0.263. The Morgan fingerprint density at radius 3 is 2.74 bits per heavy atom. The number of carbonyl (C=O) groups excluding carboxylic acids is 1. The van der Waals surface area contributed by atoms with E-state index in [1.165, 1.54) is 0 Å². The average Bonchev–Trinajstić information content (AvgIpc) is 2.61. The molecule has 0 saturated carbocycles. The van der Waals surface area contributed by atoms with Crippen LogP contribution >= 0.6 is 0 Å². The summed E-state index contributed by atoms with van der Waals surface area (Å²) in [6.45, 7) is 0.955. The molecule has 1 unspecified atom stereocenters. The van der Waals surface area contributed by atoms with E-state index in [2.05, 4.69) is 6.07 Å². The van der Waals surface area contributed by atoms with Crippen molar-refractivity contribution in [1.82, 2.24) is 4.90 Å². The van der Waals surface area contributed by atoms with E-state index in [9.17, 15) is 4.79 Å². The number of benzene rings is 2. The number of rotatable bonds is 3. The van der Waals surface area contributed by atoms with Gasteiger partial charge < -0.3 is 9.64 Å². The molecule has 4 nitrogen and oxygen atoms in total. The number of para-hydroxylation sites is 1. The number of fused-ring (bicyclic) bond motifs is 1. The van der Waals surface area contributed by atoms with Gasteiger partial charge in [0, 0.05) is 13.6 Å². The van der Waals surface area contributed by atoms with Crippen molar-refractivity contribution in [2.45, 2.75) is 13.0 Å². The molecule has 0 fully saturated rings. The van der Waals surface area contributed by atoms with E-state index in [4.69, 9.17) is 10.00 Å². The molecule has 1 aliphatic rings. The first-order valence-electron chi connectivity index (χ1n) is 7.62. The van der Waals surface area contributed by atoms with Gasteiger partial charge >= 0.3 is 0 Å². The predicted molar refractivity (Wildman–Crippen MR) is 86.8 cm³/mol. The lowest BCUT2D eigenvalue weighted by Crippen LogP contribution is -2.38. The highest BCUT2D eigenvalue weighted by atomic mass is 16.5. The summed E-state index contributed by atoms with van der Waals surface area (Å²) >= 11 is 0. The number of nitriles is 1. The molecule has 0 spiro atoms. The second-order valence-electron chi connectivity index (χ2n) is 5.82. The van der Waals surface area contributed by atoms with Crippen LogP contribution in [0.1, 0.15) is 16.7 Å². The molecule has 1 heterocycles. The Bertz CT molecular complexity index is 747. The normalized spacial score (nSPS) is 15.9. The first-order chi connectivity index (χ1) is 11.2. The standard InChI is InChI=1S/C19H18N2O2/c1-21(12-15-8-6-14(11-20)7-9-15)19(22)17-10-16-4-2-3-5-18(16)23-13-17/h2-9,17H,10,12-13H2,1H3. The van der Waals surface area contributed by atoms with Crippen LogP contribution in [0, 0.1) is 17.2 Å². The smallest absolute Gasteiger partial charge is 0.229 e. The Balaban J connectivity index is 1.65. The monoisotopic (exact) mass is 306 g/mol. The molecule has 1 atom stereocenters. The summed E-state index contributed by atoms with van der Waals surface area (Å²) in [5.74, 6) is 0.823. The lowest BCUT2D eigenvalue weighted by Gasteiger charge is -2.28. The lowest BCUT2D eigenvalue weighted by atomic mass is 9.95. The maximum atomic E-state index is 12.6. The summed E-state index contributed by atoms with van der Waals surface area (Å²) in [5.41, 5.74) is 2.72. The molecule has 0 aliphatic carbocycles. The van der Waals surface area contributed by atoms with E-state index in [-0.39, 0.29) is 11.8 Å². The maximum Gasteiger partial charge on any atom is 0.229 e. The minimum atomic E-state index is -0.145. The molecule has 23 heavy (non-hydrogen) atoms. The van der Waals surface area contributed by atoms with E-state index in [1.807, 2.05) is 36.4 Å². The van der Waals surface area contributed by atoms with Gasteiger partial charge in [-0.05, 0) is 35.7 Å². The third-order valence-electron chi connectivity index (χ3n) is 4.11. The number of carbonyl (C=O) groups is 1. The van der Waals surface area contributed by atoms with Gasteiger partial charge in [-0.25, -0.2) is 0 Å². The quantitative estimate of drug-likeness (QED) is 0.876. The fourth-order valence-corrected chi connectivity index (χ4v) is 2.83. The van der Waals surface area contributed by atoms with Gasteiger partial charge in [0.1, 0.15) is 12.4 Å². The summed E-state index contributed by atoms with van der Waals surface area (Å²) in [6.07, 6.45) is 0.715. The molecule has 0 N–H and O–H groups in total. The number of hydrogen-bond donors (Lipinski definition) is 0. The van der Waals surface area contributed by atoms with Crippen molar-refractivity contribution in [3.05, 3.63) is 65.2 Å². The number of hydrogen-bond acceptors (Lipinski definition) is 3. The molecule has 0 radical (unpaired) electrons. The topological polar surface area (TPSA) is 53.3 Å². The van der Waals surface area contributed by atoms with Gasteiger partial charge in [-0.3, -0.25) is 4.79 Å². The molecule has 1 amide bonds. The zero-order valence-corrected chi connectivity index (χ0v) is 13.0. The predicted octanol–water partition coefficient (Wildman–Crippen LogP) is 2.77.